The van der Waals surface area contributed by atoms with Gasteiger partial charge in [0, 0.05) is 19.3 Å². The van der Waals surface area contributed by atoms with Crippen LogP contribution in [0, 0.1) is 11.3 Å². The molecule has 0 aliphatic heterocycles. The average molecular weight is 218 g/mol. The third-order valence-electron chi connectivity index (χ3n) is 2.88. The van der Waals surface area contributed by atoms with Crippen molar-refractivity contribution < 1.29 is 4.74 Å². The first kappa shape index (κ1) is 10.7. The maximum atomic E-state index is 8.82. The van der Waals surface area contributed by atoms with E-state index in [0.29, 0.717) is 29.2 Å². The van der Waals surface area contributed by atoms with Crippen LogP contribution in [-0.2, 0) is 4.74 Å². The van der Waals surface area contributed by atoms with Crippen molar-refractivity contribution in [1.29, 1.82) is 5.26 Å². The highest BCUT2D eigenvalue weighted by Gasteiger charge is 2.29. The molecule has 0 aromatic carbocycles. The molecule has 0 atom stereocenters. The minimum atomic E-state index is 0.331. The van der Waals surface area contributed by atoms with E-state index >= 15 is 0 Å². The van der Waals surface area contributed by atoms with E-state index in [-0.39, 0.29) is 0 Å². The summed E-state index contributed by atoms with van der Waals surface area (Å²) in [5.41, 5.74) is 6.69. The summed E-state index contributed by atoms with van der Waals surface area (Å²) in [5, 5.41) is 12.0. The molecular formula is C11H14N4O. The van der Waals surface area contributed by atoms with Gasteiger partial charge in [0.2, 0.25) is 0 Å². The second-order valence-electron chi connectivity index (χ2n) is 3.90. The number of nitrogens with zero attached hydrogens (tertiary/aromatic N) is 2. The summed E-state index contributed by atoms with van der Waals surface area (Å²) in [6.07, 6.45) is 3.82. The van der Waals surface area contributed by atoms with Gasteiger partial charge in [0.15, 0.2) is 5.82 Å². The van der Waals surface area contributed by atoms with Gasteiger partial charge in [-0.2, -0.15) is 5.26 Å². The molecule has 5 nitrogen and oxygen atoms in total. The second kappa shape index (κ2) is 4.37. The van der Waals surface area contributed by atoms with Gasteiger partial charge in [0.1, 0.15) is 6.07 Å². The number of nitrogens with one attached hydrogen (secondary N) is 1. The Kier molecular flexibility index (Phi) is 2.93. The fraction of sp³-hybridized carbons (Fsp3) is 0.455. The first-order chi connectivity index (χ1) is 7.74. The van der Waals surface area contributed by atoms with Gasteiger partial charge in [-0.3, -0.25) is 0 Å². The van der Waals surface area contributed by atoms with Gasteiger partial charge in [0.25, 0.3) is 0 Å². The largest absolute Gasteiger partial charge is 0.395 e. The number of aromatic nitrogens is 1. The third-order valence-corrected chi connectivity index (χ3v) is 2.88. The fourth-order valence-electron chi connectivity index (χ4n) is 1.76. The fourth-order valence-corrected chi connectivity index (χ4v) is 1.76. The molecule has 1 saturated carbocycles. The summed E-state index contributed by atoms with van der Waals surface area (Å²) in [6.45, 7) is 0. The molecule has 84 valence electrons. The van der Waals surface area contributed by atoms with Crippen LogP contribution in [0.3, 0.4) is 0 Å². The molecule has 0 amide bonds. The number of nitriles is 1. The van der Waals surface area contributed by atoms with Crippen LogP contribution in [0.1, 0.15) is 18.4 Å². The Balaban J connectivity index is 2.03. The van der Waals surface area contributed by atoms with Crippen LogP contribution < -0.4 is 11.1 Å². The quantitative estimate of drug-likeness (QED) is 0.794. The maximum absolute atomic E-state index is 8.82. The van der Waals surface area contributed by atoms with Crippen molar-refractivity contribution in [2.24, 2.45) is 0 Å². The van der Waals surface area contributed by atoms with Gasteiger partial charge >= 0.3 is 0 Å². The van der Waals surface area contributed by atoms with E-state index in [9.17, 15) is 0 Å². The van der Waals surface area contributed by atoms with Crippen molar-refractivity contribution in [3.05, 3.63) is 17.8 Å². The molecule has 2 rings (SSSR count). The van der Waals surface area contributed by atoms with Crippen LogP contribution in [0.4, 0.5) is 11.5 Å². The molecule has 0 spiro atoms. The zero-order valence-corrected chi connectivity index (χ0v) is 9.10. The molecule has 0 unspecified atom stereocenters. The molecule has 16 heavy (non-hydrogen) atoms. The smallest absolute Gasteiger partial charge is 0.150 e. The van der Waals surface area contributed by atoms with E-state index < -0.39 is 0 Å². The first-order valence-electron chi connectivity index (χ1n) is 5.18. The molecule has 3 N–H and O–H groups in total. The summed E-state index contributed by atoms with van der Waals surface area (Å²) in [7, 11) is 1.71. The Hall–Kier alpha value is -1.80. The van der Waals surface area contributed by atoms with Gasteiger partial charge in [-0.15, -0.1) is 0 Å². The summed E-state index contributed by atoms with van der Waals surface area (Å²) in [6, 6.07) is 3.99. The van der Waals surface area contributed by atoms with E-state index in [1.54, 1.807) is 19.4 Å². The Morgan fingerprint density at radius 2 is 2.38 bits per heavy atom. The lowest BCUT2D eigenvalue weighted by Crippen LogP contribution is -2.40. The van der Waals surface area contributed by atoms with Gasteiger partial charge in [-0.1, -0.05) is 0 Å². The molecular weight excluding hydrogens is 204 g/mol. The van der Waals surface area contributed by atoms with Crippen molar-refractivity contribution >= 4 is 11.5 Å². The van der Waals surface area contributed by atoms with E-state index in [1.807, 2.05) is 6.07 Å². The molecule has 1 aromatic heterocycles. The van der Waals surface area contributed by atoms with E-state index in [0.717, 1.165) is 12.8 Å². The average Bonchev–Trinajstić information content (AvgIpc) is 2.25. The van der Waals surface area contributed by atoms with Crippen LogP contribution in [0.2, 0.25) is 0 Å². The third kappa shape index (κ3) is 1.92. The van der Waals surface area contributed by atoms with Crippen molar-refractivity contribution in [2.45, 2.75) is 25.0 Å². The Labute approximate surface area is 94.2 Å². The summed E-state index contributed by atoms with van der Waals surface area (Å²) >= 11 is 0. The zero-order chi connectivity index (χ0) is 11.5. The molecule has 1 aromatic rings. The van der Waals surface area contributed by atoms with Gasteiger partial charge < -0.3 is 15.8 Å². The standard InChI is InChI=1S/C11H14N4O/c1-16-9-4-8(5-9)15-11-10(13)7(6-12)2-3-14-11/h2-3,8-9H,4-5,13H2,1H3,(H,14,15). The number of nitrogen functional groups attached to an aromatic ring is 1. The monoisotopic (exact) mass is 218 g/mol. The number of anilines is 2. The second-order valence-corrected chi connectivity index (χ2v) is 3.90. The summed E-state index contributed by atoms with van der Waals surface area (Å²) in [4.78, 5) is 4.13. The van der Waals surface area contributed by atoms with Crippen LogP contribution in [0.5, 0.6) is 0 Å². The topological polar surface area (TPSA) is 84.0 Å². The van der Waals surface area contributed by atoms with Crippen molar-refractivity contribution in [3.63, 3.8) is 0 Å². The predicted molar refractivity (Wildman–Crippen MR) is 60.8 cm³/mol. The highest BCUT2D eigenvalue weighted by Crippen LogP contribution is 2.28. The summed E-state index contributed by atoms with van der Waals surface area (Å²) < 4.78 is 5.19. The number of methoxy groups -OCH3 is 1. The molecule has 1 heterocycles. The summed E-state index contributed by atoms with van der Waals surface area (Å²) in [5.74, 6) is 0.596. The minimum absolute atomic E-state index is 0.331. The van der Waals surface area contributed by atoms with Crippen LogP contribution in [0.15, 0.2) is 12.3 Å². The van der Waals surface area contributed by atoms with E-state index in [4.69, 9.17) is 15.7 Å². The zero-order valence-electron chi connectivity index (χ0n) is 9.10. The Morgan fingerprint density at radius 1 is 1.62 bits per heavy atom. The van der Waals surface area contributed by atoms with Crippen LogP contribution in [-0.4, -0.2) is 24.2 Å². The Morgan fingerprint density at radius 3 is 3.00 bits per heavy atom. The van der Waals surface area contributed by atoms with Gasteiger partial charge in [0.05, 0.1) is 17.4 Å². The number of hydrogen-bond donors (Lipinski definition) is 2. The SMILES string of the molecule is COC1CC(Nc2nccc(C#N)c2N)C1. The van der Waals surface area contributed by atoms with Crippen molar-refractivity contribution in [3.8, 4) is 6.07 Å². The van der Waals surface area contributed by atoms with Crippen LogP contribution >= 0.6 is 0 Å². The van der Waals surface area contributed by atoms with Gasteiger partial charge in [-0.25, -0.2) is 4.98 Å². The van der Waals surface area contributed by atoms with E-state index in [1.165, 1.54) is 0 Å². The lowest BCUT2D eigenvalue weighted by atomic mass is 9.89. The first-order valence-corrected chi connectivity index (χ1v) is 5.18. The highest BCUT2D eigenvalue weighted by atomic mass is 16.5. The number of pyridine rings is 1. The van der Waals surface area contributed by atoms with Gasteiger partial charge in [-0.05, 0) is 18.9 Å². The lowest BCUT2D eigenvalue weighted by molar-refractivity contribution is 0.0328. The van der Waals surface area contributed by atoms with Crippen molar-refractivity contribution in [1.82, 2.24) is 4.98 Å². The number of hydrogen-bond acceptors (Lipinski definition) is 5. The molecule has 1 aliphatic carbocycles. The number of rotatable bonds is 3. The molecule has 0 radical (unpaired) electrons. The van der Waals surface area contributed by atoms with E-state index in [2.05, 4.69) is 10.3 Å². The molecule has 1 fully saturated rings. The van der Waals surface area contributed by atoms with Crippen molar-refractivity contribution in [2.75, 3.05) is 18.2 Å². The molecule has 0 saturated heterocycles. The number of ether oxygens (including phenoxy) is 1. The Bertz CT molecular complexity index is 420. The maximum Gasteiger partial charge on any atom is 0.150 e. The minimum Gasteiger partial charge on any atom is -0.395 e. The highest BCUT2D eigenvalue weighted by molar-refractivity contribution is 5.69. The molecule has 1 aliphatic rings. The molecule has 0 bridgehead atoms. The predicted octanol–water partition coefficient (Wildman–Crippen LogP) is 1.12. The number of nitrogens with two attached hydrogens (primary N) is 1. The van der Waals surface area contributed by atoms with Crippen LogP contribution in [0.25, 0.3) is 0 Å². The molecule has 5 heteroatoms. The lowest BCUT2D eigenvalue weighted by Gasteiger charge is -2.35. The normalized spacial score (nSPS) is 23.2.